The molecule has 0 saturated carbocycles. The van der Waals surface area contributed by atoms with Crippen molar-refractivity contribution in [2.24, 2.45) is 5.41 Å². The van der Waals surface area contributed by atoms with Gasteiger partial charge in [0.2, 0.25) is 11.9 Å². The molecule has 1 fully saturated rings. The van der Waals surface area contributed by atoms with Crippen LogP contribution in [0.25, 0.3) is 0 Å². The van der Waals surface area contributed by atoms with E-state index in [1.54, 1.807) is 6.07 Å². The quantitative estimate of drug-likeness (QED) is 0.436. The van der Waals surface area contributed by atoms with E-state index in [4.69, 9.17) is 25.6 Å². The molecule has 1 saturated heterocycles. The van der Waals surface area contributed by atoms with Crippen molar-refractivity contribution in [2.45, 2.75) is 45.1 Å². The third kappa shape index (κ3) is 5.64. The van der Waals surface area contributed by atoms with Crippen LogP contribution in [0.3, 0.4) is 0 Å². The minimum Gasteiger partial charge on any atom is -0.596 e. The maximum absolute atomic E-state index is 13.0. The molecule has 0 spiro atoms. The van der Waals surface area contributed by atoms with Gasteiger partial charge in [-0.3, -0.25) is 5.32 Å². The number of fused-ring (bicyclic) bond motifs is 1. The van der Waals surface area contributed by atoms with Gasteiger partial charge in [-0.25, -0.2) is 4.79 Å². The van der Waals surface area contributed by atoms with Crippen molar-refractivity contribution in [1.82, 2.24) is 10.0 Å². The molecule has 29 heavy (non-hydrogen) atoms. The van der Waals surface area contributed by atoms with Gasteiger partial charge in [0, 0.05) is 11.8 Å². The summed E-state index contributed by atoms with van der Waals surface area (Å²) in [5.41, 5.74) is 0.942. The Morgan fingerprint density at radius 3 is 2.62 bits per heavy atom. The fourth-order valence-electron chi connectivity index (χ4n) is 3.15. The van der Waals surface area contributed by atoms with Crippen LogP contribution in [0.15, 0.2) is 18.2 Å². The molecule has 2 unspecified atom stereocenters. The first-order valence-electron chi connectivity index (χ1n) is 9.22. The molecule has 2 aliphatic rings. The Balaban J connectivity index is 1.76. The van der Waals surface area contributed by atoms with Gasteiger partial charge in [-0.1, -0.05) is 26.0 Å². The van der Waals surface area contributed by atoms with Gasteiger partial charge >= 0.3 is 6.09 Å². The first-order chi connectivity index (χ1) is 13.4. The fourth-order valence-corrected chi connectivity index (χ4v) is 7.22. The summed E-state index contributed by atoms with van der Waals surface area (Å²) in [5, 5.41) is 10.6. The van der Waals surface area contributed by atoms with Crippen molar-refractivity contribution in [2.75, 3.05) is 19.5 Å². The lowest BCUT2D eigenvalue weighted by Crippen LogP contribution is -2.41. The SMILES string of the molecule is CC1(C)COP(=S)(CN[S+]([O-])C(NC(=O)O)c2cccc3c2OC(C)(C)C3)OC1. The summed E-state index contributed by atoms with van der Waals surface area (Å²) in [4.78, 5) is 11.4. The average molecular weight is 463 g/mol. The van der Waals surface area contributed by atoms with Crippen LogP contribution < -0.4 is 14.8 Å². The zero-order chi connectivity index (χ0) is 21.4. The van der Waals surface area contributed by atoms with Crippen LogP contribution in [0.1, 0.15) is 44.2 Å². The average Bonchev–Trinajstić information content (AvgIpc) is 2.94. The van der Waals surface area contributed by atoms with Gasteiger partial charge < -0.3 is 23.4 Å². The predicted molar refractivity (Wildman–Crippen MR) is 115 cm³/mol. The second-order valence-electron chi connectivity index (χ2n) is 8.63. The van der Waals surface area contributed by atoms with Crippen molar-refractivity contribution in [1.29, 1.82) is 0 Å². The molecule has 0 aliphatic carbocycles. The Morgan fingerprint density at radius 2 is 2.00 bits per heavy atom. The van der Waals surface area contributed by atoms with E-state index in [0.29, 0.717) is 30.9 Å². The molecule has 162 valence electrons. The van der Waals surface area contributed by atoms with Gasteiger partial charge in [0.05, 0.1) is 30.1 Å². The first kappa shape index (κ1) is 22.8. The first-order valence-corrected chi connectivity index (χ1v) is 13.3. The lowest BCUT2D eigenvalue weighted by molar-refractivity contribution is 0.0601. The minimum atomic E-state index is -2.63. The van der Waals surface area contributed by atoms with Crippen molar-refractivity contribution in [3.63, 3.8) is 0 Å². The standard InChI is InChI=1S/C18H27N2O6PS2/c1-17(2)9-24-27(28,25-10-17)11-19-29(23)15(20-16(21)22)13-7-5-6-12-8-18(3,4)26-14(12)13/h5-7,15,19-20H,8-11H2,1-4H3,(H,21,22). The number of carboxylic acid groups (broad SMARTS) is 1. The Hall–Kier alpha value is -0.870. The zero-order valence-electron chi connectivity index (χ0n) is 16.9. The second-order valence-corrected chi connectivity index (χ2v) is 13.7. The third-order valence-corrected chi connectivity index (χ3v) is 8.63. The summed E-state index contributed by atoms with van der Waals surface area (Å²) in [7, 11) is 0. The minimum absolute atomic E-state index is 0.0736. The Labute approximate surface area is 179 Å². The van der Waals surface area contributed by atoms with Crippen LogP contribution in [0.4, 0.5) is 4.79 Å². The highest BCUT2D eigenvalue weighted by Crippen LogP contribution is 2.53. The van der Waals surface area contributed by atoms with Crippen LogP contribution in [0.2, 0.25) is 0 Å². The summed E-state index contributed by atoms with van der Waals surface area (Å²) in [6.07, 6.45) is -0.520. The smallest absolute Gasteiger partial charge is 0.408 e. The number of hydrogen-bond acceptors (Lipinski definition) is 7. The normalized spacial score (nSPS) is 23.5. The molecule has 0 radical (unpaired) electrons. The van der Waals surface area contributed by atoms with E-state index in [2.05, 4.69) is 10.0 Å². The molecule has 0 aromatic heterocycles. The van der Waals surface area contributed by atoms with Crippen LogP contribution in [-0.2, 0) is 38.6 Å². The maximum atomic E-state index is 13.0. The highest BCUT2D eigenvalue weighted by atomic mass is 32.5. The number of amides is 1. The molecule has 2 aliphatic heterocycles. The lowest BCUT2D eigenvalue weighted by atomic mass is 9.97. The highest BCUT2D eigenvalue weighted by molar-refractivity contribution is 8.10. The van der Waals surface area contributed by atoms with Crippen LogP contribution >= 0.6 is 6.49 Å². The van der Waals surface area contributed by atoms with Gasteiger partial charge in [0.25, 0.3) is 0 Å². The van der Waals surface area contributed by atoms with E-state index >= 15 is 0 Å². The van der Waals surface area contributed by atoms with E-state index in [1.807, 2.05) is 39.8 Å². The monoisotopic (exact) mass is 462 g/mol. The molecule has 1 aromatic carbocycles. The third-order valence-electron chi connectivity index (χ3n) is 4.58. The molecule has 3 N–H and O–H groups in total. The summed E-state index contributed by atoms with van der Waals surface area (Å²) in [6, 6.07) is 5.45. The zero-order valence-corrected chi connectivity index (χ0v) is 19.4. The largest absolute Gasteiger partial charge is 0.596 e. The topological polar surface area (TPSA) is 112 Å². The summed E-state index contributed by atoms with van der Waals surface area (Å²) >= 11 is 3.67. The van der Waals surface area contributed by atoms with Crippen molar-refractivity contribution in [3.05, 3.63) is 29.3 Å². The van der Waals surface area contributed by atoms with Crippen LogP contribution in [0, 0.1) is 5.41 Å². The van der Waals surface area contributed by atoms with E-state index < -0.39 is 34.9 Å². The molecule has 1 aromatic rings. The molecule has 0 bridgehead atoms. The van der Waals surface area contributed by atoms with Crippen LogP contribution in [0.5, 0.6) is 5.75 Å². The van der Waals surface area contributed by atoms with Gasteiger partial charge in [-0.15, -0.1) is 4.72 Å². The van der Waals surface area contributed by atoms with Crippen molar-refractivity contribution < 1.29 is 28.2 Å². The summed E-state index contributed by atoms with van der Waals surface area (Å²) in [6.45, 7) is 6.24. The Morgan fingerprint density at radius 1 is 1.34 bits per heavy atom. The van der Waals surface area contributed by atoms with E-state index in [-0.39, 0.29) is 11.7 Å². The van der Waals surface area contributed by atoms with E-state index in [1.165, 1.54) is 0 Å². The Kier molecular flexibility index (Phi) is 6.56. The van der Waals surface area contributed by atoms with Gasteiger partial charge in [-0.2, -0.15) is 0 Å². The molecular formula is C18H27N2O6PS2. The van der Waals surface area contributed by atoms with Crippen molar-refractivity contribution in [3.8, 4) is 5.75 Å². The van der Waals surface area contributed by atoms with Gasteiger partial charge in [0.1, 0.15) is 17.6 Å². The number of rotatable bonds is 6. The second kappa shape index (κ2) is 8.34. The predicted octanol–water partition coefficient (Wildman–Crippen LogP) is 3.26. The number of ether oxygens (including phenoxy) is 1. The molecule has 8 nitrogen and oxygen atoms in total. The molecule has 1 amide bonds. The lowest BCUT2D eigenvalue weighted by Gasteiger charge is -2.36. The van der Waals surface area contributed by atoms with Gasteiger partial charge in [-0.05, 0) is 37.3 Å². The highest BCUT2D eigenvalue weighted by Gasteiger charge is 2.39. The Bertz CT molecular complexity index is 821. The summed E-state index contributed by atoms with van der Waals surface area (Å²) < 4.78 is 33.4. The number of carbonyl (C=O) groups is 1. The van der Waals surface area contributed by atoms with E-state index in [9.17, 15) is 14.5 Å². The molecule has 3 rings (SSSR count). The van der Waals surface area contributed by atoms with E-state index in [0.717, 1.165) is 5.56 Å². The molecular weight excluding hydrogens is 435 g/mol. The number of hydrogen-bond donors (Lipinski definition) is 3. The number of benzene rings is 1. The summed E-state index contributed by atoms with van der Waals surface area (Å²) in [5.74, 6) is 0.571. The maximum Gasteiger partial charge on any atom is 0.408 e. The number of para-hydroxylation sites is 1. The van der Waals surface area contributed by atoms with Gasteiger partial charge in [0.15, 0.2) is 0 Å². The molecule has 2 heterocycles. The van der Waals surface area contributed by atoms with Crippen molar-refractivity contribution >= 4 is 35.8 Å². The number of nitrogens with one attached hydrogen (secondary N) is 2. The molecule has 2 atom stereocenters. The fraction of sp³-hybridized carbons (Fsp3) is 0.611. The van der Waals surface area contributed by atoms with Crippen LogP contribution in [-0.4, -0.2) is 40.9 Å². The molecule has 11 heteroatoms.